The highest BCUT2D eigenvalue weighted by Crippen LogP contribution is 2.32. The Kier molecular flexibility index (Phi) is 3.78. The average Bonchev–Trinajstić information content (AvgIpc) is 2.44. The van der Waals surface area contributed by atoms with Crippen LogP contribution in [0.1, 0.15) is 16.1 Å². The largest absolute Gasteiger partial charge is 0.476 e. The van der Waals surface area contributed by atoms with Gasteiger partial charge in [-0.1, -0.05) is 23.6 Å². The van der Waals surface area contributed by atoms with Gasteiger partial charge in [0.15, 0.2) is 11.5 Å². The molecule has 0 saturated heterocycles. The molecule has 4 nitrogen and oxygen atoms in total. The summed E-state index contributed by atoms with van der Waals surface area (Å²) in [7, 11) is 0. The van der Waals surface area contributed by atoms with E-state index < -0.39 is 39.7 Å². The maximum absolute atomic E-state index is 14.1. The minimum absolute atomic E-state index is 0.00475. The van der Waals surface area contributed by atoms with Gasteiger partial charge in [0, 0.05) is 5.56 Å². The molecular weight excluding hydrogens is 302 g/mol. The molecule has 0 amide bonds. The third kappa shape index (κ3) is 2.51. The van der Waals surface area contributed by atoms with Crippen molar-refractivity contribution in [1.82, 2.24) is 4.98 Å². The number of nitrogen functional groups attached to an aromatic ring is 1. The number of terminal acetylenes is 1. The molecule has 2 aromatic rings. The van der Waals surface area contributed by atoms with Gasteiger partial charge in [-0.15, -0.1) is 6.42 Å². The van der Waals surface area contributed by atoms with E-state index in [0.717, 1.165) is 6.07 Å². The van der Waals surface area contributed by atoms with Gasteiger partial charge in [0.05, 0.1) is 16.3 Å². The second-order valence-corrected chi connectivity index (χ2v) is 4.37. The molecule has 3 N–H and O–H groups in total. The van der Waals surface area contributed by atoms with E-state index in [9.17, 15) is 13.6 Å². The maximum Gasteiger partial charge on any atom is 0.356 e. The zero-order chi connectivity index (χ0) is 15.7. The summed E-state index contributed by atoms with van der Waals surface area (Å²) in [6.07, 6.45) is 5.08. The van der Waals surface area contributed by atoms with Crippen LogP contribution in [0.3, 0.4) is 0 Å². The predicted molar refractivity (Wildman–Crippen MR) is 73.9 cm³/mol. The Morgan fingerprint density at radius 1 is 1.43 bits per heavy atom. The Morgan fingerprint density at radius 3 is 2.62 bits per heavy atom. The molecule has 7 heteroatoms. The van der Waals surface area contributed by atoms with Crippen molar-refractivity contribution in [3.05, 3.63) is 46.1 Å². The third-order valence-electron chi connectivity index (χ3n) is 2.71. The molecule has 1 aromatic carbocycles. The molecule has 0 saturated carbocycles. The van der Waals surface area contributed by atoms with Crippen molar-refractivity contribution in [3.63, 3.8) is 0 Å². The Hall–Kier alpha value is -2.65. The highest BCUT2D eigenvalue weighted by molar-refractivity contribution is 6.35. The van der Waals surface area contributed by atoms with Crippen LogP contribution in [0.2, 0.25) is 5.02 Å². The summed E-state index contributed by atoms with van der Waals surface area (Å²) in [5, 5.41) is 8.45. The van der Waals surface area contributed by atoms with Gasteiger partial charge in [-0.05, 0) is 12.1 Å². The van der Waals surface area contributed by atoms with E-state index in [-0.39, 0.29) is 11.1 Å². The van der Waals surface area contributed by atoms with Gasteiger partial charge in [-0.2, -0.15) is 0 Å². The number of carboxylic acid groups (broad SMARTS) is 1. The zero-order valence-corrected chi connectivity index (χ0v) is 11.1. The van der Waals surface area contributed by atoms with Crippen LogP contribution in [-0.2, 0) is 0 Å². The summed E-state index contributed by atoms with van der Waals surface area (Å²) in [5.41, 5.74) is 3.79. The summed E-state index contributed by atoms with van der Waals surface area (Å²) < 4.78 is 27.7. The predicted octanol–water partition coefficient (Wildman–Crippen LogP) is 2.94. The van der Waals surface area contributed by atoms with Crippen LogP contribution in [0.5, 0.6) is 0 Å². The Morgan fingerprint density at radius 2 is 2.10 bits per heavy atom. The number of halogens is 3. The molecule has 1 aromatic heterocycles. The number of aromatic carboxylic acids is 1. The standard InChI is InChI=1S/C14H7ClF2N2O2/c1-2-6-3-4-7(5-8(6)16)12-10(17)11(18)9(15)13(19-12)14(20)21/h1,3-5H,(H2,18,19)(H,20,21). The maximum atomic E-state index is 14.1. The molecule has 0 atom stereocenters. The number of aromatic nitrogens is 1. The number of hydrogen-bond donors (Lipinski definition) is 2. The third-order valence-corrected chi connectivity index (χ3v) is 3.10. The molecule has 106 valence electrons. The van der Waals surface area contributed by atoms with Crippen molar-refractivity contribution in [2.24, 2.45) is 0 Å². The fourth-order valence-electron chi connectivity index (χ4n) is 1.67. The van der Waals surface area contributed by atoms with Crippen molar-refractivity contribution in [2.45, 2.75) is 0 Å². The summed E-state index contributed by atoms with van der Waals surface area (Å²) in [6, 6.07) is 3.50. The minimum Gasteiger partial charge on any atom is -0.476 e. The van der Waals surface area contributed by atoms with Crippen LogP contribution in [0.25, 0.3) is 11.3 Å². The van der Waals surface area contributed by atoms with Crippen LogP contribution in [0, 0.1) is 24.0 Å². The number of carbonyl (C=O) groups is 1. The Bertz CT molecular complexity index is 801. The van der Waals surface area contributed by atoms with Crippen LogP contribution in [0.4, 0.5) is 14.5 Å². The average molecular weight is 309 g/mol. The molecule has 0 spiro atoms. The molecule has 0 unspecified atom stereocenters. The fraction of sp³-hybridized carbons (Fsp3) is 0. The Balaban J connectivity index is 2.72. The van der Waals surface area contributed by atoms with E-state index in [1.807, 2.05) is 0 Å². The lowest BCUT2D eigenvalue weighted by Gasteiger charge is -2.09. The number of carboxylic acids is 1. The molecule has 0 aliphatic heterocycles. The summed E-state index contributed by atoms with van der Waals surface area (Å²) in [6.45, 7) is 0. The van der Waals surface area contributed by atoms with Gasteiger partial charge in [-0.25, -0.2) is 18.6 Å². The van der Waals surface area contributed by atoms with Crippen LogP contribution >= 0.6 is 11.6 Å². The van der Waals surface area contributed by atoms with Gasteiger partial charge >= 0.3 is 5.97 Å². The number of nitrogens with zero attached hydrogens (tertiary/aromatic N) is 1. The van der Waals surface area contributed by atoms with Crippen LogP contribution in [0.15, 0.2) is 18.2 Å². The van der Waals surface area contributed by atoms with Gasteiger partial charge in [0.2, 0.25) is 0 Å². The first-order valence-electron chi connectivity index (χ1n) is 5.51. The summed E-state index contributed by atoms with van der Waals surface area (Å²) in [5.74, 6) is -1.16. The molecule has 1 heterocycles. The SMILES string of the molecule is C#Cc1ccc(-c2nc(C(=O)O)c(Cl)c(N)c2F)cc1F. The van der Waals surface area contributed by atoms with E-state index in [2.05, 4.69) is 10.9 Å². The van der Waals surface area contributed by atoms with E-state index in [1.54, 1.807) is 0 Å². The summed E-state index contributed by atoms with van der Waals surface area (Å²) >= 11 is 5.62. The zero-order valence-electron chi connectivity index (χ0n) is 10.3. The van der Waals surface area contributed by atoms with Gasteiger partial charge in [-0.3, -0.25) is 0 Å². The number of benzene rings is 1. The lowest BCUT2D eigenvalue weighted by molar-refractivity contribution is 0.0691. The molecule has 0 bridgehead atoms. The monoisotopic (exact) mass is 308 g/mol. The fourth-order valence-corrected chi connectivity index (χ4v) is 1.88. The number of nitrogens with two attached hydrogens (primary N) is 1. The molecule has 21 heavy (non-hydrogen) atoms. The van der Waals surface area contributed by atoms with Crippen molar-refractivity contribution in [1.29, 1.82) is 0 Å². The van der Waals surface area contributed by atoms with Crippen molar-refractivity contribution in [2.75, 3.05) is 5.73 Å². The minimum atomic E-state index is -1.48. The van der Waals surface area contributed by atoms with Crippen molar-refractivity contribution >= 4 is 23.3 Å². The van der Waals surface area contributed by atoms with E-state index in [1.165, 1.54) is 12.1 Å². The number of rotatable bonds is 2. The number of anilines is 1. The lowest BCUT2D eigenvalue weighted by atomic mass is 10.1. The number of pyridine rings is 1. The van der Waals surface area contributed by atoms with Crippen molar-refractivity contribution in [3.8, 4) is 23.6 Å². The van der Waals surface area contributed by atoms with Crippen LogP contribution in [-0.4, -0.2) is 16.1 Å². The summed E-state index contributed by atoms with van der Waals surface area (Å²) in [4.78, 5) is 14.6. The first-order chi connectivity index (χ1) is 9.86. The highest BCUT2D eigenvalue weighted by Gasteiger charge is 2.22. The molecule has 0 fully saturated rings. The number of hydrogen-bond acceptors (Lipinski definition) is 3. The topological polar surface area (TPSA) is 76.2 Å². The van der Waals surface area contributed by atoms with Crippen LogP contribution < -0.4 is 5.73 Å². The second kappa shape index (κ2) is 5.38. The van der Waals surface area contributed by atoms with E-state index in [4.69, 9.17) is 28.9 Å². The van der Waals surface area contributed by atoms with Gasteiger partial charge < -0.3 is 10.8 Å². The quantitative estimate of drug-likeness (QED) is 0.836. The van der Waals surface area contributed by atoms with E-state index >= 15 is 0 Å². The second-order valence-electron chi connectivity index (χ2n) is 3.99. The molecule has 0 radical (unpaired) electrons. The Labute approximate surface area is 123 Å². The molecular formula is C14H7ClF2N2O2. The first-order valence-corrected chi connectivity index (χ1v) is 5.89. The van der Waals surface area contributed by atoms with Gasteiger partial charge in [0.25, 0.3) is 0 Å². The molecule has 0 aliphatic rings. The van der Waals surface area contributed by atoms with E-state index in [0.29, 0.717) is 0 Å². The van der Waals surface area contributed by atoms with Gasteiger partial charge in [0.1, 0.15) is 11.5 Å². The molecule has 2 rings (SSSR count). The highest BCUT2D eigenvalue weighted by atomic mass is 35.5. The molecule has 0 aliphatic carbocycles. The lowest BCUT2D eigenvalue weighted by Crippen LogP contribution is -2.08. The smallest absolute Gasteiger partial charge is 0.356 e. The van der Waals surface area contributed by atoms with Crippen molar-refractivity contribution < 1.29 is 18.7 Å². The normalized spacial score (nSPS) is 10.2. The first kappa shape index (κ1) is 14.8.